The van der Waals surface area contributed by atoms with Gasteiger partial charge in [-0.25, -0.2) is 4.98 Å². The Kier molecular flexibility index (Phi) is 2.85. The van der Waals surface area contributed by atoms with Crippen LogP contribution in [0.2, 0.25) is 5.02 Å². The standard InChI is InChI=1S/C15H8ClN3O/c1-8-4-9(7-17)5-12-14(16)11-3-2-10(19-20)6-13(11)18-15(8)12/h2-6H,1H3. The Morgan fingerprint density at radius 3 is 2.75 bits per heavy atom. The molecule has 0 saturated carbocycles. The van der Waals surface area contributed by atoms with Crippen molar-refractivity contribution in [3.63, 3.8) is 0 Å². The first-order chi connectivity index (χ1) is 9.63. The molecule has 0 fully saturated rings. The molecule has 4 nitrogen and oxygen atoms in total. The van der Waals surface area contributed by atoms with Crippen molar-refractivity contribution in [3.8, 4) is 6.07 Å². The fourth-order valence-corrected chi connectivity index (χ4v) is 2.58. The first-order valence-electron chi connectivity index (χ1n) is 5.91. The molecule has 0 unspecified atom stereocenters. The Morgan fingerprint density at radius 1 is 1.25 bits per heavy atom. The predicted molar refractivity (Wildman–Crippen MR) is 79.2 cm³/mol. The highest BCUT2D eigenvalue weighted by atomic mass is 35.5. The minimum atomic E-state index is 0.312. The van der Waals surface area contributed by atoms with Gasteiger partial charge in [0.25, 0.3) is 0 Å². The van der Waals surface area contributed by atoms with E-state index in [-0.39, 0.29) is 0 Å². The molecule has 0 aliphatic rings. The number of halogens is 1. The molecule has 0 atom stereocenters. The smallest absolute Gasteiger partial charge is 0.110 e. The summed E-state index contributed by atoms with van der Waals surface area (Å²) in [7, 11) is 0. The quantitative estimate of drug-likeness (QED) is 0.483. The zero-order valence-electron chi connectivity index (χ0n) is 10.5. The third kappa shape index (κ3) is 1.80. The number of hydrogen-bond donors (Lipinski definition) is 0. The van der Waals surface area contributed by atoms with Gasteiger partial charge in [0, 0.05) is 10.8 Å². The number of aromatic nitrogens is 1. The highest BCUT2D eigenvalue weighted by molar-refractivity contribution is 6.40. The van der Waals surface area contributed by atoms with Crippen LogP contribution >= 0.6 is 11.6 Å². The van der Waals surface area contributed by atoms with Gasteiger partial charge in [0.2, 0.25) is 0 Å². The van der Waals surface area contributed by atoms with Crippen molar-refractivity contribution in [1.82, 2.24) is 4.98 Å². The molecular weight excluding hydrogens is 274 g/mol. The van der Waals surface area contributed by atoms with Gasteiger partial charge < -0.3 is 0 Å². The summed E-state index contributed by atoms with van der Waals surface area (Å²) in [6.07, 6.45) is 0. The lowest BCUT2D eigenvalue weighted by Crippen LogP contribution is -1.89. The molecule has 0 radical (unpaired) electrons. The molecule has 5 heteroatoms. The van der Waals surface area contributed by atoms with Crippen molar-refractivity contribution in [2.24, 2.45) is 5.18 Å². The third-order valence-corrected chi connectivity index (χ3v) is 3.63. The van der Waals surface area contributed by atoms with Crippen LogP contribution in [0, 0.1) is 23.2 Å². The van der Waals surface area contributed by atoms with E-state index >= 15 is 0 Å². The second-order valence-electron chi connectivity index (χ2n) is 4.52. The molecule has 0 N–H and O–H groups in total. The maximum atomic E-state index is 10.6. The Morgan fingerprint density at radius 2 is 2.05 bits per heavy atom. The Labute approximate surface area is 119 Å². The molecule has 0 aliphatic heterocycles. The molecule has 20 heavy (non-hydrogen) atoms. The molecule has 3 aromatic rings. The van der Waals surface area contributed by atoms with Gasteiger partial charge in [0.1, 0.15) is 5.69 Å². The number of pyridine rings is 1. The zero-order valence-corrected chi connectivity index (χ0v) is 11.3. The van der Waals surface area contributed by atoms with Gasteiger partial charge >= 0.3 is 0 Å². The van der Waals surface area contributed by atoms with Crippen LogP contribution < -0.4 is 0 Å². The largest absolute Gasteiger partial charge is 0.247 e. The molecule has 1 aromatic heterocycles. The van der Waals surface area contributed by atoms with Crippen molar-refractivity contribution in [1.29, 1.82) is 5.26 Å². The van der Waals surface area contributed by atoms with Crippen molar-refractivity contribution in [3.05, 3.63) is 51.4 Å². The maximum Gasteiger partial charge on any atom is 0.110 e. The van der Waals surface area contributed by atoms with E-state index in [1.165, 1.54) is 0 Å². The summed E-state index contributed by atoms with van der Waals surface area (Å²) in [5.74, 6) is 0. The number of benzene rings is 2. The van der Waals surface area contributed by atoms with Crippen molar-refractivity contribution in [2.75, 3.05) is 0 Å². The summed E-state index contributed by atoms with van der Waals surface area (Å²) in [5.41, 5.74) is 3.07. The Bertz CT molecular complexity index is 913. The number of rotatable bonds is 1. The first-order valence-corrected chi connectivity index (χ1v) is 6.29. The van der Waals surface area contributed by atoms with Crippen molar-refractivity contribution in [2.45, 2.75) is 6.92 Å². The summed E-state index contributed by atoms with van der Waals surface area (Å²) in [6.45, 7) is 1.88. The van der Waals surface area contributed by atoms with Gasteiger partial charge in [-0.3, -0.25) is 0 Å². The van der Waals surface area contributed by atoms with Gasteiger partial charge in [-0.1, -0.05) is 11.6 Å². The lowest BCUT2D eigenvalue weighted by molar-refractivity contribution is 1.40. The highest BCUT2D eigenvalue weighted by Gasteiger charge is 2.11. The van der Waals surface area contributed by atoms with Crippen LogP contribution in [0.1, 0.15) is 11.1 Å². The molecule has 0 aliphatic carbocycles. The summed E-state index contributed by atoms with van der Waals surface area (Å²) in [4.78, 5) is 15.1. The normalized spacial score (nSPS) is 10.7. The molecule has 0 bridgehead atoms. The summed E-state index contributed by atoms with van der Waals surface area (Å²) >= 11 is 6.41. The average molecular weight is 282 g/mol. The third-order valence-electron chi connectivity index (χ3n) is 3.22. The van der Waals surface area contributed by atoms with Gasteiger partial charge in [-0.2, -0.15) is 5.26 Å². The second kappa shape index (κ2) is 4.55. The fraction of sp³-hybridized carbons (Fsp3) is 0.0667. The van der Waals surface area contributed by atoms with Crippen LogP contribution in [-0.4, -0.2) is 4.98 Å². The van der Waals surface area contributed by atoms with E-state index in [0.717, 1.165) is 21.9 Å². The monoisotopic (exact) mass is 281 g/mol. The first kappa shape index (κ1) is 12.5. The highest BCUT2D eigenvalue weighted by Crippen LogP contribution is 2.34. The van der Waals surface area contributed by atoms with Gasteiger partial charge in [0.15, 0.2) is 0 Å². The average Bonchev–Trinajstić information content (AvgIpc) is 2.47. The maximum absolute atomic E-state index is 10.6. The lowest BCUT2D eigenvalue weighted by Gasteiger charge is -2.08. The second-order valence-corrected chi connectivity index (χ2v) is 4.90. The van der Waals surface area contributed by atoms with E-state index < -0.39 is 0 Å². The van der Waals surface area contributed by atoms with Crippen molar-refractivity contribution < 1.29 is 0 Å². The number of nitriles is 1. The summed E-state index contributed by atoms with van der Waals surface area (Å²) < 4.78 is 0. The van der Waals surface area contributed by atoms with Gasteiger partial charge in [0.05, 0.1) is 27.7 Å². The minimum Gasteiger partial charge on any atom is -0.247 e. The SMILES string of the molecule is Cc1cc(C#N)cc2c(Cl)c3ccc(N=O)cc3nc12. The number of nitrogens with zero attached hydrogens (tertiary/aromatic N) is 3. The molecular formula is C15H8ClN3O. The number of hydrogen-bond acceptors (Lipinski definition) is 4. The minimum absolute atomic E-state index is 0.312. The van der Waals surface area contributed by atoms with E-state index in [9.17, 15) is 4.91 Å². The molecule has 0 spiro atoms. The number of nitroso groups, excluding NO2 is 1. The summed E-state index contributed by atoms with van der Waals surface area (Å²) in [6, 6.07) is 10.5. The Balaban J connectivity index is 2.50. The topological polar surface area (TPSA) is 66.1 Å². The lowest BCUT2D eigenvalue weighted by atomic mass is 10.0. The predicted octanol–water partition coefficient (Wildman–Crippen LogP) is 4.62. The fourth-order valence-electron chi connectivity index (χ4n) is 2.28. The molecule has 1 heterocycles. The molecule has 0 amide bonds. The molecule has 96 valence electrons. The van der Waals surface area contributed by atoms with E-state index in [1.54, 1.807) is 30.3 Å². The Hall–Kier alpha value is -2.51. The zero-order chi connectivity index (χ0) is 14.3. The van der Waals surface area contributed by atoms with Crippen LogP contribution in [0.3, 0.4) is 0 Å². The molecule has 0 saturated heterocycles. The van der Waals surface area contributed by atoms with Crippen LogP contribution in [0.25, 0.3) is 21.8 Å². The molecule has 2 aromatic carbocycles. The number of aryl methyl sites for hydroxylation is 1. The van der Waals surface area contributed by atoms with Crippen LogP contribution in [-0.2, 0) is 0 Å². The van der Waals surface area contributed by atoms with Crippen LogP contribution in [0.15, 0.2) is 35.5 Å². The molecule has 3 rings (SSSR count). The van der Waals surface area contributed by atoms with Crippen LogP contribution in [0.5, 0.6) is 0 Å². The van der Waals surface area contributed by atoms with E-state index in [1.807, 2.05) is 6.92 Å². The van der Waals surface area contributed by atoms with E-state index in [0.29, 0.717) is 21.8 Å². The summed E-state index contributed by atoms with van der Waals surface area (Å²) in [5, 5.41) is 13.9. The number of fused-ring (bicyclic) bond motifs is 2. The van der Waals surface area contributed by atoms with Crippen LogP contribution in [0.4, 0.5) is 5.69 Å². The van der Waals surface area contributed by atoms with Gasteiger partial charge in [-0.05, 0) is 48.0 Å². The van der Waals surface area contributed by atoms with Crippen molar-refractivity contribution >= 4 is 39.1 Å². The van der Waals surface area contributed by atoms with E-state index in [4.69, 9.17) is 16.9 Å². The van der Waals surface area contributed by atoms with Gasteiger partial charge in [-0.15, -0.1) is 4.91 Å². The van der Waals surface area contributed by atoms with E-state index in [2.05, 4.69) is 16.2 Å².